The van der Waals surface area contributed by atoms with Crippen molar-refractivity contribution in [2.75, 3.05) is 31.0 Å². The first-order valence-electron chi connectivity index (χ1n) is 15.4. The molecule has 8 rings (SSSR count). The summed E-state index contributed by atoms with van der Waals surface area (Å²) in [7, 11) is 3.16. The molecule has 10 nitrogen and oxygen atoms in total. The molecule has 0 radical (unpaired) electrons. The van der Waals surface area contributed by atoms with Crippen LogP contribution in [-0.4, -0.2) is 48.8 Å². The fourth-order valence-corrected chi connectivity index (χ4v) is 11.1. The van der Waals surface area contributed by atoms with E-state index >= 15 is 0 Å². The standard InChI is InChI=1S/C35H31N3O7S2/c1-43-19-11-7-17(8-12-19)36-25(39)16-45-24-6-4-3-5-21(24)26-27-22-15-23(30(27)46-32-31(26)47-35(42)37-32)29-28(22)33(40)38(34(29)41)18-9-13-20(44-2)14-10-18/h3-14,22-23,26-30H,15-16H2,1-2H3,(H,36,39)(H,37,42)/t22?,23?,26-,27?,28?,29?,30?/m1/s1. The molecule has 3 fully saturated rings. The molecule has 3 amide bonds. The molecule has 47 heavy (non-hydrogen) atoms. The van der Waals surface area contributed by atoms with Gasteiger partial charge in [-0.05, 0) is 78.8 Å². The highest BCUT2D eigenvalue weighted by atomic mass is 32.2. The molecule has 240 valence electrons. The predicted molar refractivity (Wildman–Crippen MR) is 178 cm³/mol. The number of amides is 3. The third kappa shape index (κ3) is 4.84. The number of nitrogens with one attached hydrogen (secondary N) is 2. The van der Waals surface area contributed by atoms with Crippen LogP contribution >= 0.6 is 23.1 Å². The van der Waals surface area contributed by atoms with Crippen LogP contribution in [0.5, 0.6) is 17.2 Å². The molecule has 2 bridgehead atoms. The maximum atomic E-state index is 14.1. The molecule has 2 aliphatic carbocycles. The van der Waals surface area contributed by atoms with Crippen LogP contribution in [0, 0.1) is 29.6 Å². The van der Waals surface area contributed by atoms with Crippen molar-refractivity contribution in [2.24, 2.45) is 29.6 Å². The fraction of sp³-hybridized carbons (Fsp3) is 0.314. The van der Waals surface area contributed by atoms with E-state index in [1.54, 1.807) is 74.5 Å². The number of aromatic nitrogens is 1. The van der Waals surface area contributed by atoms with E-state index in [0.29, 0.717) is 28.6 Å². The lowest BCUT2D eigenvalue weighted by molar-refractivity contribution is -0.123. The Kier molecular flexibility index (Phi) is 7.36. The minimum atomic E-state index is -0.431. The Morgan fingerprint density at radius 2 is 1.55 bits per heavy atom. The van der Waals surface area contributed by atoms with E-state index in [1.165, 1.54) is 16.2 Å². The summed E-state index contributed by atoms with van der Waals surface area (Å²) in [5, 5.41) is 3.69. The lowest BCUT2D eigenvalue weighted by Gasteiger charge is -2.43. The second-order valence-corrected chi connectivity index (χ2v) is 14.5. The van der Waals surface area contributed by atoms with Crippen LogP contribution in [0.25, 0.3) is 0 Å². The molecule has 2 saturated carbocycles. The van der Waals surface area contributed by atoms with E-state index in [-0.39, 0.29) is 58.1 Å². The number of H-pyrrole nitrogens is 1. The number of nitrogens with zero attached hydrogens (tertiary/aromatic N) is 1. The van der Waals surface area contributed by atoms with Gasteiger partial charge in [-0.1, -0.05) is 29.5 Å². The fourth-order valence-electron chi connectivity index (χ4n) is 8.23. The molecule has 0 spiro atoms. The van der Waals surface area contributed by atoms with Crippen LogP contribution < -0.4 is 29.3 Å². The number of carbonyl (C=O) groups excluding carboxylic acids is 3. The molecule has 3 aromatic carbocycles. The number of methoxy groups -OCH3 is 2. The van der Waals surface area contributed by atoms with E-state index in [1.807, 2.05) is 24.3 Å². The van der Waals surface area contributed by atoms with Gasteiger partial charge in [-0.15, -0.1) is 11.8 Å². The van der Waals surface area contributed by atoms with E-state index in [9.17, 15) is 19.2 Å². The zero-order valence-corrected chi connectivity index (χ0v) is 27.1. The van der Waals surface area contributed by atoms with Crippen LogP contribution in [0.15, 0.2) is 82.6 Å². The summed E-state index contributed by atoms with van der Waals surface area (Å²) in [6.07, 6.45) is 0.772. The lowest BCUT2D eigenvalue weighted by atomic mass is 9.68. The Balaban J connectivity index is 1.10. The van der Waals surface area contributed by atoms with Crippen molar-refractivity contribution in [2.45, 2.75) is 22.6 Å². The van der Waals surface area contributed by atoms with Gasteiger partial charge < -0.3 is 24.5 Å². The number of aromatic amines is 1. The van der Waals surface area contributed by atoms with Crippen LogP contribution in [0.4, 0.5) is 11.4 Å². The van der Waals surface area contributed by atoms with Crippen LogP contribution in [0.2, 0.25) is 0 Å². The minimum Gasteiger partial charge on any atom is -0.497 e. The van der Waals surface area contributed by atoms with E-state index in [2.05, 4.69) is 10.3 Å². The lowest BCUT2D eigenvalue weighted by Crippen LogP contribution is -2.42. The van der Waals surface area contributed by atoms with Gasteiger partial charge in [0.15, 0.2) is 6.61 Å². The number of thiazole rings is 1. The zero-order chi connectivity index (χ0) is 32.4. The second kappa shape index (κ2) is 11.6. The Bertz CT molecular complexity index is 1940. The van der Waals surface area contributed by atoms with Crippen molar-refractivity contribution in [3.63, 3.8) is 0 Å². The highest BCUT2D eigenvalue weighted by Crippen LogP contribution is 2.69. The maximum absolute atomic E-state index is 14.1. The molecule has 7 atom stereocenters. The van der Waals surface area contributed by atoms with Gasteiger partial charge >= 0.3 is 4.87 Å². The average Bonchev–Trinajstić information content (AvgIpc) is 3.83. The predicted octanol–water partition coefficient (Wildman–Crippen LogP) is 5.15. The molecular weight excluding hydrogens is 639 g/mol. The highest BCUT2D eigenvalue weighted by molar-refractivity contribution is 8.00. The van der Waals surface area contributed by atoms with Crippen LogP contribution in [-0.2, 0) is 14.4 Å². The van der Waals surface area contributed by atoms with Gasteiger partial charge in [0, 0.05) is 27.3 Å². The van der Waals surface area contributed by atoms with Crippen LogP contribution in [0.1, 0.15) is 22.8 Å². The summed E-state index contributed by atoms with van der Waals surface area (Å²) >= 11 is 2.82. The number of hydrogen-bond donors (Lipinski definition) is 2. The molecule has 4 aromatic rings. The first-order chi connectivity index (χ1) is 22.9. The molecular formula is C35H31N3O7S2. The highest BCUT2D eigenvalue weighted by Gasteiger charge is 2.69. The molecule has 12 heteroatoms. The average molecular weight is 670 g/mol. The van der Waals surface area contributed by atoms with E-state index in [4.69, 9.17) is 14.2 Å². The quantitative estimate of drug-likeness (QED) is 0.247. The number of imide groups is 1. The monoisotopic (exact) mass is 669 g/mol. The number of fused-ring (bicyclic) bond motifs is 9. The molecule has 1 aromatic heterocycles. The summed E-state index contributed by atoms with van der Waals surface area (Å²) in [6, 6.07) is 21.7. The Morgan fingerprint density at radius 1 is 0.894 bits per heavy atom. The molecule has 4 aliphatic rings. The van der Waals surface area contributed by atoms with Gasteiger partial charge in [0.1, 0.15) is 17.2 Å². The number of hydrogen-bond acceptors (Lipinski definition) is 9. The van der Waals surface area contributed by atoms with Gasteiger partial charge in [0.05, 0.1) is 36.8 Å². The second-order valence-electron chi connectivity index (χ2n) is 12.3. The number of anilines is 2. The third-order valence-corrected chi connectivity index (χ3v) is 12.6. The van der Waals surface area contributed by atoms with Gasteiger partial charge in [0.25, 0.3) is 5.91 Å². The SMILES string of the molecule is COc1ccc(NC(=O)COc2ccccc2[C@H]2c3sc(=O)[nH]c3SC3C4CC(C5C(=O)N(c6ccc(OC)cc6)C(=O)C45)C32)cc1. The number of carbonyl (C=O) groups is 3. The summed E-state index contributed by atoms with van der Waals surface area (Å²) in [6.45, 7) is -0.213. The molecule has 2 N–H and O–H groups in total. The van der Waals surface area contributed by atoms with Crippen molar-refractivity contribution in [3.8, 4) is 17.2 Å². The van der Waals surface area contributed by atoms with Crippen molar-refractivity contribution < 1.29 is 28.6 Å². The first-order valence-corrected chi connectivity index (χ1v) is 17.1. The maximum Gasteiger partial charge on any atom is 0.305 e. The van der Waals surface area contributed by atoms with E-state index < -0.39 is 11.8 Å². The normalized spacial score (nSPS) is 26.9. The summed E-state index contributed by atoms with van der Waals surface area (Å²) < 4.78 is 16.6. The van der Waals surface area contributed by atoms with Gasteiger partial charge in [-0.25, -0.2) is 0 Å². The molecule has 2 aliphatic heterocycles. The largest absolute Gasteiger partial charge is 0.497 e. The summed E-state index contributed by atoms with van der Waals surface area (Å²) in [5.41, 5.74) is 2.04. The number of rotatable bonds is 8. The third-order valence-electron chi connectivity index (χ3n) is 10.0. The summed E-state index contributed by atoms with van der Waals surface area (Å²) in [4.78, 5) is 58.8. The molecule has 3 heterocycles. The Morgan fingerprint density at radius 3 is 2.26 bits per heavy atom. The molecule has 1 saturated heterocycles. The zero-order valence-electron chi connectivity index (χ0n) is 25.5. The first kappa shape index (κ1) is 29.8. The summed E-state index contributed by atoms with van der Waals surface area (Å²) in [5.74, 6) is 0.126. The molecule has 6 unspecified atom stereocenters. The number of para-hydroxylation sites is 1. The number of benzene rings is 3. The number of ether oxygens (including phenoxy) is 3. The smallest absolute Gasteiger partial charge is 0.305 e. The van der Waals surface area contributed by atoms with Gasteiger partial charge in [-0.2, -0.15) is 0 Å². The van der Waals surface area contributed by atoms with Crippen molar-refractivity contribution >= 4 is 52.2 Å². The van der Waals surface area contributed by atoms with Crippen molar-refractivity contribution in [1.29, 1.82) is 0 Å². The minimum absolute atomic E-state index is 0.00403. The van der Waals surface area contributed by atoms with Gasteiger partial charge in [-0.3, -0.25) is 24.1 Å². The van der Waals surface area contributed by atoms with Crippen molar-refractivity contribution in [3.05, 3.63) is 92.9 Å². The van der Waals surface area contributed by atoms with Gasteiger partial charge in [0.2, 0.25) is 11.8 Å². The van der Waals surface area contributed by atoms with E-state index in [0.717, 1.165) is 21.9 Å². The van der Waals surface area contributed by atoms with Crippen LogP contribution in [0.3, 0.4) is 0 Å². The number of thioether (sulfide) groups is 1. The Hall–Kier alpha value is -4.55. The van der Waals surface area contributed by atoms with Crippen molar-refractivity contribution in [1.82, 2.24) is 4.98 Å². The topological polar surface area (TPSA) is 127 Å². The Labute approximate surface area is 278 Å².